The van der Waals surface area contributed by atoms with Crippen molar-refractivity contribution < 1.29 is 9.59 Å². The second-order valence-electron chi connectivity index (χ2n) is 6.98. The topological polar surface area (TPSA) is 83.1 Å². The summed E-state index contributed by atoms with van der Waals surface area (Å²) in [7, 11) is 0. The molecule has 7 heteroatoms. The monoisotopic (exact) mass is 400 g/mol. The van der Waals surface area contributed by atoms with E-state index in [1.807, 2.05) is 30.3 Å². The number of aromatic nitrogens is 1. The van der Waals surface area contributed by atoms with Crippen LogP contribution in [0.4, 0.5) is 4.79 Å². The lowest BCUT2D eigenvalue weighted by Gasteiger charge is -2.32. The van der Waals surface area contributed by atoms with Gasteiger partial charge in [0.2, 0.25) is 0 Å². The highest BCUT2D eigenvalue weighted by atomic mass is 35.5. The highest BCUT2D eigenvalue weighted by Gasteiger charge is 2.28. The van der Waals surface area contributed by atoms with Crippen molar-refractivity contribution in [2.24, 2.45) is 0 Å². The van der Waals surface area contributed by atoms with E-state index in [0.717, 1.165) is 32.1 Å². The Bertz CT molecular complexity index is 783. The van der Waals surface area contributed by atoms with Gasteiger partial charge in [-0.2, -0.15) is 0 Å². The van der Waals surface area contributed by atoms with Crippen LogP contribution in [0.2, 0.25) is 5.15 Å². The summed E-state index contributed by atoms with van der Waals surface area (Å²) in [4.78, 5) is 28.7. The second-order valence-corrected chi connectivity index (χ2v) is 7.36. The van der Waals surface area contributed by atoms with Crippen molar-refractivity contribution in [2.45, 2.75) is 44.2 Å². The summed E-state index contributed by atoms with van der Waals surface area (Å²) in [6, 6.07) is 12.9. The Hall–Kier alpha value is -2.60. The summed E-state index contributed by atoms with van der Waals surface area (Å²) < 4.78 is 0. The van der Waals surface area contributed by atoms with Gasteiger partial charge in [0.05, 0.1) is 11.6 Å². The first-order valence-corrected chi connectivity index (χ1v) is 10.0. The van der Waals surface area contributed by atoms with Gasteiger partial charge in [-0.15, -0.1) is 0 Å². The van der Waals surface area contributed by atoms with Gasteiger partial charge in [-0.1, -0.05) is 54.8 Å². The van der Waals surface area contributed by atoms with Crippen LogP contribution in [0.25, 0.3) is 0 Å². The van der Waals surface area contributed by atoms with Gasteiger partial charge in [-0.05, 0) is 37.0 Å². The molecule has 0 bridgehead atoms. The summed E-state index contributed by atoms with van der Waals surface area (Å²) in [6.07, 6.45) is 5.97. The summed E-state index contributed by atoms with van der Waals surface area (Å²) in [5.41, 5.74) is 1.64. The maximum absolute atomic E-state index is 12.5. The lowest BCUT2D eigenvalue weighted by atomic mass is 9.90. The number of rotatable bonds is 6. The molecule has 0 aliphatic heterocycles. The third kappa shape index (κ3) is 5.96. The van der Waals surface area contributed by atoms with Gasteiger partial charge < -0.3 is 16.0 Å². The molecule has 2 atom stereocenters. The molecule has 0 radical (unpaired) electrons. The van der Waals surface area contributed by atoms with Crippen LogP contribution in [0.15, 0.2) is 48.7 Å². The van der Waals surface area contributed by atoms with Crippen molar-refractivity contribution in [3.8, 4) is 0 Å². The molecule has 28 heavy (non-hydrogen) atoms. The van der Waals surface area contributed by atoms with Crippen LogP contribution in [0.5, 0.6) is 0 Å². The van der Waals surface area contributed by atoms with Gasteiger partial charge in [0.15, 0.2) is 0 Å². The Labute approximate surface area is 170 Å². The summed E-state index contributed by atoms with van der Waals surface area (Å²) >= 11 is 5.77. The molecule has 3 amide bonds. The number of hydrogen-bond donors (Lipinski definition) is 3. The maximum atomic E-state index is 12.5. The van der Waals surface area contributed by atoms with E-state index in [0.29, 0.717) is 17.3 Å². The fourth-order valence-electron chi connectivity index (χ4n) is 3.42. The zero-order valence-corrected chi connectivity index (χ0v) is 16.4. The predicted octanol–water partition coefficient (Wildman–Crippen LogP) is 3.32. The molecule has 148 valence electrons. The van der Waals surface area contributed by atoms with Crippen molar-refractivity contribution in [3.05, 3.63) is 64.9 Å². The van der Waals surface area contributed by atoms with Crippen LogP contribution < -0.4 is 16.0 Å². The molecule has 2 aromatic rings. The molecule has 0 saturated heterocycles. The number of pyridine rings is 1. The van der Waals surface area contributed by atoms with E-state index < -0.39 is 0 Å². The fourth-order valence-corrected chi connectivity index (χ4v) is 3.53. The van der Waals surface area contributed by atoms with E-state index in [1.165, 1.54) is 11.8 Å². The molecule has 0 spiro atoms. The first-order valence-electron chi connectivity index (χ1n) is 9.62. The lowest BCUT2D eigenvalue weighted by molar-refractivity contribution is 0.0915. The number of carbonyl (C=O) groups excluding carboxylic acids is 2. The van der Waals surface area contributed by atoms with Crippen molar-refractivity contribution >= 4 is 23.5 Å². The molecular weight excluding hydrogens is 376 g/mol. The fraction of sp³-hybridized carbons (Fsp3) is 0.381. The average molecular weight is 401 g/mol. The van der Waals surface area contributed by atoms with Gasteiger partial charge in [-0.3, -0.25) is 4.79 Å². The minimum atomic E-state index is -0.202. The number of halogens is 1. The molecule has 1 fully saturated rings. The van der Waals surface area contributed by atoms with E-state index in [-0.39, 0.29) is 24.0 Å². The van der Waals surface area contributed by atoms with Gasteiger partial charge in [-0.25, -0.2) is 9.78 Å². The van der Waals surface area contributed by atoms with Crippen LogP contribution in [0, 0.1) is 0 Å². The van der Waals surface area contributed by atoms with Crippen LogP contribution in [-0.2, 0) is 6.42 Å². The molecule has 1 heterocycles. The zero-order chi connectivity index (χ0) is 19.8. The molecule has 1 aliphatic rings. The molecule has 1 aromatic heterocycles. The third-order valence-corrected chi connectivity index (χ3v) is 5.15. The highest BCUT2D eigenvalue weighted by molar-refractivity contribution is 6.29. The minimum Gasteiger partial charge on any atom is -0.347 e. The highest BCUT2D eigenvalue weighted by Crippen LogP contribution is 2.19. The Balaban J connectivity index is 1.49. The van der Waals surface area contributed by atoms with Crippen molar-refractivity contribution in [3.63, 3.8) is 0 Å². The number of carbonyl (C=O) groups is 2. The van der Waals surface area contributed by atoms with Gasteiger partial charge >= 0.3 is 6.03 Å². The van der Waals surface area contributed by atoms with Gasteiger partial charge in [0, 0.05) is 18.8 Å². The van der Waals surface area contributed by atoms with Crippen LogP contribution in [0.1, 0.15) is 41.6 Å². The quantitative estimate of drug-likeness (QED) is 0.650. The van der Waals surface area contributed by atoms with Gasteiger partial charge in [0.1, 0.15) is 5.15 Å². The van der Waals surface area contributed by atoms with Crippen molar-refractivity contribution in [1.82, 2.24) is 20.9 Å². The molecular formula is C21H25ClN4O2. The second kappa shape index (κ2) is 10.1. The number of urea groups is 1. The molecule has 1 aliphatic carbocycles. The summed E-state index contributed by atoms with van der Waals surface area (Å²) in [5.74, 6) is -0.202. The Morgan fingerprint density at radius 3 is 2.39 bits per heavy atom. The van der Waals surface area contributed by atoms with Gasteiger partial charge in [0.25, 0.3) is 5.91 Å². The third-order valence-electron chi connectivity index (χ3n) is 4.93. The van der Waals surface area contributed by atoms with Crippen molar-refractivity contribution in [1.29, 1.82) is 0 Å². The molecule has 3 rings (SSSR count). The number of nitrogens with one attached hydrogen (secondary N) is 3. The molecule has 2 unspecified atom stereocenters. The molecule has 3 N–H and O–H groups in total. The standard InChI is InChI=1S/C21H25ClN4O2/c22-19-11-10-16(14-24-19)20(27)25-17-8-4-5-9-18(17)26-21(28)23-13-12-15-6-2-1-3-7-15/h1-3,6-7,10-11,14,17-18H,4-5,8-9,12-13H2,(H,25,27)(H2,23,26,28). The Morgan fingerprint density at radius 1 is 1.00 bits per heavy atom. The van der Waals surface area contributed by atoms with E-state index >= 15 is 0 Å². The number of benzene rings is 1. The molecule has 6 nitrogen and oxygen atoms in total. The molecule has 1 saturated carbocycles. The average Bonchev–Trinajstić information content (AvgIpc) is 2.71. The summed E-state index contributed by atoms with van der Waals surface area (Å²) in [5, 5.41) is 9.30. The normalized spacial score (nSPS) is 18.9. The largest absolute Gasteiger partial charge is 0.347 e. The first-order chi connectivity index (χ1) is 13.6. The zero-order valence-electron chi connectivity index (χ0n) is 15.7. The first kappa shape index (κ1) is 20.1. The minimum absolute atomic E-state index is 0.0883. The van der Waals surface area contributed by atoms with E-state index in [2.05, 4.69) is 20.9 Å². The smallest absolute Gasteiger partial charge is 0.315 e. The number of nitrogens with zero attached hydrogens (tertiary/aromatic N) is 1. The number of amides is 3. The van der Waals surface area contributed by atoms with Crippen LogP contribution in [0.3, 0.4) is 0 Å². The van der Waals surface area contributed by atoms with E-state index in [4.69, 9.17) is 11.6 Å². The SMILES string of the molecule is O=C(NCCc1ccccc1)NC1CCCCC1NC(=O)c1ccc(Cl)nc1. The van der Waals surface area contributed by atoms with Crippen LogP contribution in [-0.4, -0.2) is 35.6 Å². The Morgan fingerprint density at radius 2 is 1.71 bits per heavy atom. The van der Waals surface area contributed by atoms with E-state index in [1.54, 1.807) is 12.1 Å². The summed E-state index contributed by atoms with van der Waals surface area (Å²) in [6.45, 7) is 0.566. The maximum Gasteiger partial charge on any atom is 0.315 e. The predicted molar refractivity (Wildman–Crippen MR) is 109 cm³/mol. The van der Waals surface area contributed by atoms with E-state index in [9.17, 15) is 9.59 Å². The molecule has 1 aromatic carbocycles. The van der Waals surface area contributed by atoms with Crippen molar-refractivity contribution in [2.75, 3.05) is 6.54 Å². The van der Waals surface area contributed by atoms with Crippen LogP contribution >= 0.6 is 11.6 Å². The Kier molecular flexibility index (Phi) is 7.25. The lowest BCUT2D eigenvalue weighted by Crippen LogP contribution is -2.55. The number of hydrogen-bond acceptors (Lipinski definition) is 3.